The number of alkyl halides is 3. The maximum absolute atomic E-state index is 12.7. The number of halogens is 3. The van der Waals surface area contributed by atoms with Gasteiger partial charge in [0.05, 0.1) is 29.0 Å². The molecule has 4 rings (SSSR count). The zero-order valence-corrected chi connectivity index (χ0v) is 20.8. The van der Waals surface area contributed by atoms with E-state index in [0.717, 1.165) is 28.2 Å². The number of nitrogens with zero attached hydrogens (tertiary/aromatic N) is 4. The molecular formula is C22H19F3N6O5S2. The zero-order chi connectivity index (χ0) is 27.3. The smallest absolute Gasteiger partial charge is 0.406 e. The number of hydrogen-bond donors (Lipinski definition) is 3. The second-order valence-corrected chi connectivity index (χ2v) is 10.8. The summed E-state index contributed by atoms with van der Waals surface area (Å²) in [5.74, 6) is -1.30. The van der Waals surface area contributed by atoms with Crippen molar-refractivity contribution in [1.29, 1.82) is 0 Å². The molecule has 0 aliphatic carbocycles. The van der Waals surface area contributed by atoms with Crippen molar-refractivity contribution >= 4 is 27.3 Å². The third-order valence-electron chi connectivity index (χ3n) is 5.08. The van der Waals surface area contributed by atoms with Crippen LogP contribution in [-0.4, -0.2) is 45.9 Å². The van der Waals surface area contributed by atoms with E-state index in [1.807, 2.05) is 0 Å². The molecule has 0 bridgehead atoms. The van der Waals surface area contributed by atoms with Gasteiger partial charge in [0.15, 0.2) is 0 Å². The molecule has 0 saturated carbocycles. The van der Waals surface area contributed by atoms with Gasteiger partial charge >= 0.3 is 6.36 Å². The van der Waals surface area contributed by atoms with Crippen molar-refractivity contribution < 1.29 is 36.3 Å². The first kappa shape index (κ1) is 27.2. The summed E-state index contributed by atoms with van der Waals surface area (Å²) in [6, 6.07) is 12.1. The molecule has 1 unspecified atom stereocenters. The molecule has 1 amide bonds. The number of ether oxygens (including phenoxy) is 1. The van der Waals surface area contributed by atoms with Gasteiger partial charge in [-0.3, -0.25) is 15.0 Å². The highest BCUT2D eigenvalue weighted by Crippen LogP contribution is 2.29. The molecule has 0 saturated heterocycles. The van der Waals surface area contributed by atoms with Crippen LogP contribution >= 0.6 is 11.3 Å². The van der Waals surface area contributed by atoms with E-state index in [-0.39, 0.29) is 22.9 Å². The lowest BCUT2D eigenvalue weighted by molar-refractivity contribution is -0.274. The van der Waals surface area contributed by atoms with Crippen LogP contribution in [0.4, 0.5) is 13.2 Å². The van der Waals surface area contributed by atoms with Crippen LogP contribution in [0, 0.1) is 0 Å². The second kappa shape index (κ2) is 11.3. The average molecular weight is 569 g/mol. The van der Waals surface area contributed by atoms with E-state index >= 15 is 0 Å². The summed E-state index contributed by atoms with van der Waals surface area (Å²) < 4.78 is 70.0. The van der Waals surface area contributed by atoms with Crippen LogP contribution in [0.15, 0.2) is 71.2 Å². The molecule has 200 valence electrons. The standard InChI is InChI=1S/C22H19F3N6O5S2/c23-22(24,25)36-16-6-4-14(5-7-16)11-18(21(32)29-33)31-13-15(28-30-31)12-27-38(34,35)20-9-8-19(37-20)17-3-1-2-10-26-17/h1-10,13,18,27,33H,11-12H2,(H,29,32). The highest BCUT2D eigenvalue weighted by Gasteiger charge is 2.31. The average Bonchev–Trinajstić information content (AvgIpc) is 3.57. The summed E-state index contributed by atoms with van der Waals surface area (Å²) in [7, 11) is -3.89. The number of hydrogen-bond acceptors (Lipinski definition) is 9. The van der Waals surface area contributed by atoms with Gasteiger partial charge in [0, 0.05) is 12.6 Å². The zero-order valence-electron chi connectivity index (χ0n) is 19.2. The number of pyridine rings is 1. The molecule has 16 heteroatoms. The van der Waals surface area contributed by atoms with Crippen molar-refractivity contribution in [1.82, 2.24) is 30.2 Å². The lowest BCUT2D eigenvalue weighted by atomic mass is 10.1. The Kier molecular flexibility index (Phi) is 8.05. The number of hydroxylamine groups is 1. The predicted molar refractivity (Wildman–Crippen MR) is 127 cm³/mol. The van der Waals surface area contributed by atoms with Crippen LogP contribution in [0.5, 0.6) is 5.75 Å². The number of thiophene rings is 1. The van der Waals surface area contributed by atoms with Gasteiger partial charge in [0.1, 0.15) is 16.0 Å². The van der Waals surface area contributed by atoms with Crippen LogP contribution in [0.1, 0.15) is 17.3 Å². The van der Waals surface area contributed by atoms with Crippen LogP contribution in [0.25, 0.3) is 10.6 Å². The molecule has 0 spiro atoms. The third kappa shape index (κ3) is 6.91. The van der Waals surface area contributed by atoms with Crippen molar-refractivity contribution in [3.05, 3.63) is 78.2 Å². The fourth-order valence-electron chi connectivity index (χ4n) is 3.33. The van der Waals surface area contributed by atoms with Gasteiger partial charge < -0.3 is 4.74 Å². The van der Waals surface area contributed by atoms with Gasteiger partial charge in [-0.15, -0.1) is 29.6 Å². The Bertz CT molecular complexity index is 1490. The fraction of sp³-hybridized carbons (Fsp3) is 0.182. The first-order valence-corrected chi connectivity index (χ1v) is 13.0. The quantitative estimate of drug-likeness (QED) is 0.195. The number of nitrogens with one attached hydrogen (secondary N) is 2. The van der Waals surface area contributed by atoms with E-state index in [4.69, 9.17) is 5.21 Å². The predicted octanol–water partition coefficient (Wildman–Crippen LogP) is 3.07. The van der Waals surface area contributed by atoms with Gasteiger partial charge in [-0.1, -0.05) is 23.4 Å². The molecule has 38 heavy (non-hydrogen) atoms. The maximum Gasteiger partial charge on any atom is 0.573 e. The van der Waals surface area contributed by atoms with Crippen molar-refractivity contribution in [2.45, 2.75) is 29.6 Å². The van der Waals surface area contributed by atoms with Crippen molar-refractivity contribution in [3.8, 4) is 16.3 Å². The minimum Gasteiger partial charge on any atom is -0.406 e. The summed E-state index contributed by atoms with van der Waals surface area (Å²) in [5.41, 5.74) is 2.77. The maximum atomic E-state index is 12.7. The van der Waals surface area contributed by atoms with Gasteiger partial charge in [-0.25, -0.2) is 23.3 Å². The summed E-state index contributed by atoms with van der Waals surface area (Å²) in [6.07, 6.45) is -1.99. The lowest BCUT2D eigenvalue weighted by Crippen LogP contribution is -2.32. The Morgan fingerprint density at radius 3 is 2.55 bits per heavy atom. The summed E-state index contributed by atoms with van der Waals surface area (Å²) in [4.78, 5) is 17.1. The molecule has 3 aromatic heterocycles. The molecule has 0 aliphatic heterocycles. The number of rotatable bonds is 10. The highest BCUT2D eigenvalue weighted by atomic mass is 32.2. The number of amides is 1. The fourth-order valence-corrected chi connectivity index (χ4v) is 5.66. The molecular weight excluding hydrogens is 549 g/mol. The van der Waals surface area contributed by atoms with Crippen molar-refractivity contribution in [3.63, 3.8) is 0 Å². The van der Waals surface area contributed by atoms with E-state index in [9.17, 15) is 26.4 Å². The Labute approximate surface area is 217 Å². The molecule has 0 aliphatic rings. The van der Waals surface area contributed by atoms with Gasteiger partial charge in [0.25, 0.3) is 5.91 Å². The van der Waals surface area contributed by atoms with Crippen LogP contribution in [0.3, 0.4) is 0 Å². The molecule has 11 nitrogen and oxygen atoms in total. The summed E-state index contributed by atoms with van der Waals surface area (Å²) in [5, 5.41) is 16.9. The van der Waals surface area contributed by atoms with Crippen LogP contribution in [0.2, 0.25) is 0 Å². The van der Waals surface area contributed by atoms with E-state index in [1.54, 1.807) is 30.5 Å². The lowest BCUT2D eigenvalue weighted by Gasteiger charge is -2.15. The molecule has 0 fully saturated rings. The number of carbonyl (C=O) groups excluding carboxylic acids is 1. The Morgan fingerprint density at radius 2 is 1.89 bits per heavy atom. The molecule has 1 atom stereocenters. The van der Waals surface area contributed by atoms with Gasteiger partial charge in [-0.2, -0.15) is 0 Å². The van der Waals surface area contributed by atoms with E-state index in [1.165, 1.54) is 29.9 Å². The van der Waals surface area contributed by atoms with E-state index in [2.05, 4.69) is 24.8 Å². The van der Waals surface area contributed by atoms with Crippen molar-refractivity contribution in [2.75, 3.05) is 0 Å². The van der Waals surface area contributed by atoms with E-state index in [0.29, 0.717) is 16.1 Å². The topological polar surface area (TPSA) is 148 Å². The Morgan fingerprint density at radius 1 is 1.13 bits per heavy atom. The number of aromatic nitrogens is 4. The van der Waals surface area contributed by atoms with Gasteiger partial charge in [-0.05, 0) is 42.0 Å². The van der Waals surface area contributed by atoms with Crippen LogP contribution in [-0.2, 0) is 27.8 Å². The third-order valence-corrected chi connectivity index (χ3v) is 8.08. The number of carbonyl (C=O) groups is 1. The molecule has 3 heterocycles. The van der Waals surface area contributed by atoms with E-state index < -0.39 is 34.1 Å². The minimum atomic E-state index is -4.84. The molecule has 3 N–H and O–H groups in total. The Hall–Kier alpha value is -3.86. The molecule has 1 aromatic carbocycles. The minimum absolute atomic E-state index is 0.0704. The second-order valence-electron chi connectivity index (χ2n) is 7.74. The highest BCUT2D eigenvalue weighted by molar-refractivity contribution is 7.91. The molecule has 0 radical (unpaired) electrons. The first-order valence-electron chi connectivity index (χ1n) is 10.7. The number of sulfonamides is 1. The monoisotopic (exact) mass is 568 g/mol. The largest absolute Gasteiger partial charge is 0.573 e. The Balaban J connectivity index is 1.43. The molecule has 4 aromatic rings. The van der Waals surface area contributed by atoms with Gasteiger partial charge in [0.2, 0.25) is 10.0 Å². The normalized spacial score (nSPS) is 12.7. The van der Waals surface area contributed by atoms with Crippen molar-refractivity contribution in [2.24, 2.45) is 0 Å². The summed E-state index contributed by atoms with van der Waals surface area (Å²) >= 11 is 1.04. The first-order chi connectivity index (χ1) is 18.0. The van der Waals surface area contributed by atoms with Crippen LogP contribution < -0.4 is 14.9 Å². The summed E-state index contributed by atoms with van der Waals surface area (Å²) in [6.45, 7) is -0.240. The number of benzene rings is 1. The SMILES string of the molecule is O=C(NO)C(Cc1ccc(OC(F)(F)F)cc1)n1cc(CNS(=O)(=O)c2ccc(-c3ccccn3)s2)nn1.